The molecule has 0 saturated heterocycles. The SMILES string of the molecule is CCc1nnc(CS(=O)c2ccc(F)cc2)o1. The maximum Gasteiger partial charge on any atom is 0.229 e. The highest BCUT2D eigenvalue weighted by molar-refractivity contribution is 7.84. The highest BCUT2D eigenvalue weighted by atomic mass is 32.2. The van der Waals surface area contributed by atoms with Crippen molar-refractivity contribution in [2.45, 2.75) is 24.0 Å². The van der Waals surface area contributed by atoms with Gasteiger partial charge in [-0.25, -0.2) is 4.39 Å². The zero-order chi connectivity index (χ0) is 12.3. The predicted molar refractivity (Wildman–Crippen MR) is 60.2 cm³/mol. The Bertz CT molecular complexity index is 525. The molecular formula is C11H11FN2O2S. The summed E-state index contributed by atoms with van der Waals surface area (Å²) < 4.78 is 29.8. The van der Waals surface area contributed by atoms with Crippen LogP contribution in [0.2, 0.25) is 0 Å². The summed E-state index contributed by atoms with van der Waals surface area (Å²) in [5, 5.41) is 7.57. The summed E-state index contributed by atoms with van der Waals surface area (Å²) >= 11 is 0. The van der Waals surface area contributed by atoms with Crippen molar-refractivity contribution in [3.05, 3.63) is 41.9 Å². The molecule has 1 atom stereocenters. The Hall–Kier alpha value is -1.56. The Morgan fingerprint density at radius 1 is 1.24 bits per heavy atom. The molecule has 0 saturated carbocycles. The van der Waals surface area contributed by atoms with Gasteiger partial charge in [-0.3, -0.25) is 4.21 Å². The lowest BCUT2D eigenvalue weighted by Crippen LogP contribution is -1.96. The molecule has 1 aromatic heterocycles. The molecule has 0 amide bonds. The van der Waals surface area contributed by atoms with Crippen molar-refractivity contribution in [3.63, 3.8) is 0 Å². The molecule has 1 heterocycles. The van der Waals surface area contributed by atoms with Crippen LogP contribution < -0.4 is 0 Å². The Morgan fingerprint density at radius 2 is 1.88 bits per heavy atom. The molecule has 0 fully saturated rings. The van der Waals surface area contributed by atoms with Gasteiger partial charge in [-0.2, -0.15) is 0 Å². The van der Waals surface area contributed by atoms with E-state index in [0.29, 0.717) is 23.1 Å². The molecule has 1 aromatic carbocycles. The van der Waals surface area contributed by atoms with Gasteiger partial charge in [0.25, 0.3) is 0 Å². The van der Waals surface area contributed by atoms with Gasteiger partial charge in [-0.15, -0.1) is 10.2 Å². The van der Waals surface area contributed by atoms with E-state index in [1.807, 2.05) is 6.92 Å². The van der Waals surface area contributed by atoms with Crippen LogP contribution in [-0.4, -0.2) is 14.4 Å². The molecule has 0 aliphatic rings. The summed E-state index contributed by atoms with van der Waals surface area (Å²) in [6.45, 7) is 1.90. The summed E-state index contributed by atoms with van der Waals surface area (Å²) in [5.41, 5.74) is 0. The van der Waals surface area contributed by atoms with Crippen LogP contribution >= 0.6 is 0 Å². The minimum atomic E-state index is -1.29. The molecule has 1 unspecified atom stereocenters. The lowest BCUT2D eigenvalue weighted by Gasteiger charge is -1.98. The van der Waals surface area contributed by atoms with Crippen molar-refractivity contribution in [2.75, 3.05) is 0 Å². The van der Waals surface area contributed by atoms with E-state index < -0.39 is 10.8 Å². The van der Waals surface area contributed by atoms with Crippen LogP contribution in [-0.2, 0) is 23.0 Å². The molecule has 0 spiro atoms. The quantitative estimate of drug-likeness (QED) is 0.838. The smallest absolute Gasteiger partial charge is 0.229 e. The standard InChI is InChI=1S/C11H11FN2O2S/c1-2-10-13-14-11(16-10)7-17(15)9-5-3-8(12)4-6-9/h3-6H,2,7H2,1H3. The van der Waals surface area contributed by atoms with Crippen molar-refractivity contribution in [3.8, 4) is 0 Å². The number of halogens is 1. The van der Waals surface area contributed by atoms with E-state index in [4.69, 9.17) is 4.42 Å². The minimum Gasteiger partial charge on any atom is -0.424 e. The number of hydrogen-bond donors (Lipinski definition) is 0. The first-order chi connectivity index (χ1) is 8.19. The van der Waals surface area contributed by atoms with Gasteiger partial charge >= 0.3 is 0 Å². The molecule has 0 aliphatic carbocycles. The van der Waals surface area contributed by atoms with E-state index in [2.05, 4.69) is 10.2 Å². The first-order valence-electron chi connectivity index (χ1n) is 5.14. The Kier molecular flexibility index (Phi) is 3.63. The zero-order valence-electron chi connectivity index (χ0n) is 9.22. The predicted octanol–water partition coefficient (Wildman–Crippen LogP) is 2.08. The Labute approximate surface area is 100 Å². The van der Waals surface area contributed by atoms with E-state index in [1.165, 1.54) is 24.3 Å². The number of nitrogens with zero attached hydrogens (tertiary/aromatic N) is 2. The van der Waals surface area contributed by atoms with Crippen molar-refractivity contribution in [1.29, 1.82) is 0 Å². The summed E-state index contributed by atoms with van der Waals surface area (Å²) in [6.07, 6.45) is 0.649. The van der Waals surface area contributed by atoms with Gasteiger partial charge in [0.05, 0.1) is 10.8 Å². The fraction of sp³-hybridized carbons (Fsp3) is 0.273. The van der Waals surface area contributed by atoms with Gasteiger partial charge in [-0.05, 0) is 24.3 Å². The van der Waals surface area contributed by atoms with Gasteiger partial charge in [0.2, 0.25) is 11.8 Å². The first-order valence-corrected chi connectivity index (χ1v) is 6.46. The number of aromatic nitrogens is 2. The average molecular weight is 254 g/mol. The molecule has 4 nitrogen and oxygen atoms in total. The van der Waals surface area contributed by atoms with Gasteiger partial charge in [0, 0.05) is 11.3 Å². The first kappa shape index (κ1) is 11.9. The summed E-state index contributed by atoms with van der Waals surface area (Å²) in [5.74, 6) is 0.663. The third-order valence-electron chi connectivity index (χ3n) is 2.14. The van der Waals surface area contributed by atoms with E-state index >= 15 is 0 Å². The second kappa shape index (κ2) is 5.18. The van der Waals surface area contributed by atoms with Crippen LogP contribution in [0.4, 0.5) is 4.39 Å². The molecule has 90 valence electrons. The van der Waals surface area contributed by atoms with E-state index in [0.717, 1.165) is 0 Å². The Balaban J connectivity index is 2.08. The van der Waals surface area contributed by atoms with Crippen molar-refractivity contribution in [1.82, 2.24) is 10.2 Å². The second-order valence-electron chi connectivity index (χ2n) is 3.39. The van der Waals surface area contributed by atoms with Crippen LogP contribution in [0.1, 0.15) is 18.7 Å². The van der Waals surface area contributed by atoms with Gasteiger partial charge in [0.1, 0.15) is 11.6 Å². The summed E-state index contributed by atoms with van der Waals surface area (Å²) in [6, 6.07) is 5.53. The number of benzene rings is 1. The fourth-order valence-corrected chi connectivity index (χ4v) is 2.22. The van der Waals surface area contributed by atoms with Crippen LogP contribution in [0.3, 0.4) is 0 Å². The molecule has 0 bridgehead atoms. The normalized spacial score (nSPS) is 12.6. The van der Waals surface area contributed by atoms with Crippen LogP contribution in [0.5, 0.6) is 0 Å². The van der Waals surface area contributed by atoms with E-state index in [-0.39, 0.29) is 11.6 Å². The molecule has 0 N–H and O–H groups in total. The highest BCUT2D eigenvalue weighted by Gasteiger charge is 2.10. The molecule has 2 rings (SSSR count). The fourth-order valence-electron chi connectivity index (χ4n) is 1.27. The van der Waals surface area contributed by atoms with Crippen molar-refractivity contribution >= 4 is 10.8 Å². The summed E-state index contributed by atoms with van der Waals surface area (Å²) in [4.78, 5) is 0.544. The largest absolute Gasteiger partial charge is 0.424 e. The molecule has 0 aliphatic heterocycles. The third-order valence-corrected chi connectivity index (χ3v) is 3.45. The average Bonchev–Trinajstić information content (AvgIpc) is 2.77. The topological polar surface area (TPSA) is 56.0 Å². The minimum absolute atomic E-state index is 0.151. The number of aryl methyl sites for hydroxylation is 1. The van der Waals surface area contributed by atoms with Crippen LogP contribution in [0.15, 0.2) is 33.6 Å². The third kappa shape index (κ3) is 2.97. The molecule has 2 aromatic rings. The van der Waals surface area contributed by atoms with Crippen LogP contribution in [0.25, 0.3) is 0 Å². The van der Waals surface area contributed by atoms with Gasteiger partial charge in [0.15, 0.2) is 0 Å². The lowest BCUT2D eigenvalue weighted by molar-refractivity contribution is 0.468. The highest BCUT2D eigenvalue weighted by Crippen LogP contribution is 2.12. The number of rotatable bonds is 4. The molecular weight excluding hydrogens is 243 g/mol. The van der Waals surface area contributed by atoms with Crippen LogP contribution in [0, 0.1) is 5.82 Å². The second-order valence-corrected chi connectivity index (χ2v) is 4.84. The zero-order valence-corrected chi connectivity index (χ0v) is 10.0. The maximum atomic E-state index is 12.7. The Morgan fingerprint density at radius 3 is 2.47 bits per heavy atom. The number of hydrogen-bond acceptors (Lipinski definition) is 4. The molecule has 6 heteroatoms. The summed E-state index contributed by atoms with van der Waals surface area (Å²) in [7, 11) is -1.29. The monoisotopic (exact) mass is 254 g/mol. The van der Waals surface area contributed by atoms with Gasteiger partial charge < -0.3 is 4.42 Å². The van der Waals surface area contributed by atoms with Gasteiger partial charge in [-0.1, -0.05) is 6.92 Å². The van der Waals surface area contributed by atoms with E-state index in [9.17, 15) is 8.60 Å². The van der Waals surface area contributed by atoms with E-state index in [1.54, 1.807) is 0 Å². The lowest BCUT2D eigenvalue weighted by atomic mass is 10.4. The maximum absolute atomic E-state index is 12.7. The van der Waals surface area contributed by atoms with Crippen molar-refractivity contribution in [2.24, 2.45) is 0 Å². The molecule has 17 heavy (non-hydrogen) atoms. The molecule has 0 radical (unpaired) electrons. The van der Waals surface area contributed by atoms with Crippen molar-refractivity contribution < 1.29 is 13.0 Å².